The van der Waals surface area contributed by atoms with E-state index in [9.17, 15) is 4.89 Å². The third-order valence-corrected chi connectivity index (χ3v) is 3.60. The van der Waals surface area contributed by atoms with Crippen LogP contribution in [0.4, 0.5) is 0 Å². The second-order valence-corrected chi connectivity index (χ2v) is 7.53. The van der Waals surface area contributed by atoms with Crippen molar-refractivity contribution in [1.29, 1.82) is 0 Å². The minimum absolute atomic E-state index is 0.132. The van der Waals surface area contributed by atoms with Crippen LogP contribution in [-0.4, -0.2) is 22.9 Å². The van der Waals surface area contributed by atoms with Crippen molar-refractivity contribution in [3.63, 3.8) is 0 Å². The van der Waals surface area contributed by atoms with Gasteiger partial charge in [0.25, 0.3) is 0 Å². The highest BCUT2D eigenvalue weighted by Crippen LogP contribution is 2.50. The fourth-order valence-corrected chi connectivity index (χ4v) is 3.24. The van der Waals surface area contributed by atoms with Crippen LogP contribution in [0.15, 0.2) is 4.99 Å². The molecule has 0 bridgehead atoms. The molecule has 18 heavy (non-hydrogen) atoms. The van der Waals surface area contributed by atoms with Crippen LogP contribution >= 0.6 is 8.09 Å². The predicted molar refractivity (Wildman–Crippen MR) is 77.1 cm³/mol. The number of amidine groups is 1. The van der Waals surface area contributed by atoms with Crippen LogP contribution in [0.5, 0.6) is 0 Å². The van der Waals surface area contributed by atoms with Crippen LogP contribution in [0.25, 0.3) is 0 Å². The molecule has 0 heterocycles. The summed E-state index contributed by atoms with van der Waals surface area (Å²) in [5.74, 6) is 0. The molecular weight excluding hydrogens is 271 g/mol. The quantitative estimate of drug-likeness (QED) is 0.364. The predicted octanol–water partition coefficient (Wildman–Crippen LogP) is 2.17. The molecule has 0 saturated heterocycles. The fourth-order valence-electron chi connectivity index (χ4n) is 1.08. The van der Waals surface area contributed by atoms with Crippen LogP contribution in [0.2, 0.25) is 0 Å². The number of hydrogen-bond acceptors (Lipinski definition) is 5. The Morgan fingerprint density at radius 1 is 1.17 bits per heavy atom. The highest BCUT2D eigenvalue weighted by molar-refractivity contribution is 7.79. The summed E-state index contributed by atoms with van der Waals surface area (Å²) in [6, 6.07) is 0. The fraction of sp³-hybridized carbons (Fsp3) is 0.909. The van der Waals surface area contributed by atoms with Gasteiger partial charge in [0.15, 0.2) is 0 Å². The lowest BCUT2D eigenvalue weighted by molar-refractivity contribution is -0.227. The molecule has 0 aromatic heterocycles. The molecule has 0 rings (SSSR count). The molecule has 5 nitrogen and oxygen atoms in total. The van der Waals surface area contributed by atoms with E-state index in [0.717, 1.165) is 0 Å². The summed E-state index contributed by atoms with van der Waals surface area (Å²) in [7, 11) is -3.46. The minimum Gasteiger partial charge on any atom is -0.740 e. The van der Waals surface area contributed by atoms with Crippen molar-refractivity contribution in [3.8, 4) is 0 Å². The SMILES string of the molecule is CC(C)O[P+]([O-])(NC([S-])=NC(C)(C)C)OC(C)C. The van der Waals surface area contributed by atoms with Crippen molar-refractivity contribution in [1.82, 2.24) is 5.09 Å². The molecule has 0 radical (unpaired) electrons. The van der Waals surface area contributed by atoms with E-state index in [1.165, 1.54) is 0 Å². The average Bonchev–Trinajstić information content (AvgIpc) is 1.92. The summed E-state index contributed by atoms with van der Waals surface area (Å²) in [5.41, 5.74) is -0.343. The van der Waals surface area contributed by atoms with Gasteiger partial charge < -0.3 is 17.5 Å². The molecule has 0 aliphatic rings. The van der Waals surface area contributed by atoms with E-state index in [-0.39, 0.29) is 22.9 Å². The van der Waals surface area contributed by atoms with E-state index >= 15 is 0 Å². The van der Waals surface area contributed by atoms with Crippen molar-refractivity contribution in [2.45, 2.75) is 66.2 Å². The number of nitrogens with one attached hydrogen (secondary N) is 1. The molecular formula is C11H24N2O3PS-. The van der Waals surface area contributed by atoms with E-state index in [4.69, 9.17) is 21.7 Å². The van der Waals surface area contributed by atoms with Gasteiger partial charge >= 0.3 is 8.09 Å². The average molecular weight is 295 g/mol. The molecule has 0 aliphatic carbocycles. The first kappa shape index (κ1) is 18.0. The van der Waals surface area contributed by atoms with Gasteiger partial charge in [-0.05, 0) is 48.5 Å². The van der Waals surface area contributed by atoms with Gasteiger partial charge in [0.1, 0.15) is 12.2 Å². The summed E-state index contributed by atoms with van der Waals surface area (Å²) in [5, 5.41) is 2.72. The van der Waals surface area contributed by atoms with E-state index in [0.29, 0.717) is 0 Å². The lowest BCUT2D eigenvalue weighted by Gasteiger charge is -2.33. The van der Waals surface area contributed by atoms with E-state index in [2.05, 4.69) is 10.1 Å². The molecule has 108 valence electrons. The minimum atomic E-state index is -3.46. The van der Waals surface area contributed by atoms with Crippen LogP contribution in [0, 0.1) is 0 Å². The molecule has 1 N–H and O–H groups in total. The number of rotatable bonds is 5. The molecule has 0 aromatic carbocycles. The maximum Gasteiger partial charge on any atom is 0.335 e. The van der Waals surface area contributed by atoms with Crippen molar-refractivity contribution in [3.05, 3.63) is 0 Å². The zero-order valence-electron chi connectivity index (χ0n) is 12.2. The maximum atomic E-state index is 12.4. The number of aliphatic imine (C=N–C) groups is 1. The van der Waals surface area contributed by atoms with Gasteiger partial charge in [-0.3, -0.25) is 4.99 Å². The summed E-state index contributed by atoms with van der Waals surface area (Å²) in [6.45, 7) is 12.8. The summed E-state index contributed by atoms with van der Waals surface area (Å²) < 4.78 is 10.6. The Hall–Kier alpha value is 0.00000000000000000694. The third-order valence-electron chi connectivity index (χ3n) is 1.37. The second-order valence-electron chi connectivity index (χ2n) is 5.51. The molecule has 7 heteroatoms. The molecule has 0 aromatic rings. The number of nitrogens with zero attached hydrogens (tertiary/aromatic N) is 1. The summed E-state index contributed by atoms with van der Waals surface area (Å²) in [6.07, 6.45) is -0.473. The van der Waals surface area contributed by atoms with Crippen molar-refractivity contribution in [2.24, 2.45) is 4.99 Å². The highest BCUT2D eigenvalue weighted by atomic mass is 32.1. The maximum absolute atomic E-state index is 12.4. The number of hydrogen-bond donors (Lipinski definition) is 1. The monoisotopic (exact) mass is 295 g/mol. The molecule has 0 unspecified atom stereocenters. The van der Waals surface area contributed by atoms with E-state index < -0.39 is 8.09 Å². The van der Waals surface area contributed by atoms with Crippen molar-refractivity contribution in [2.75, 3.05) is 0 Å². The smallest absolute Gasteiger partial charge is 0.335 e. The Bertz CT molecular complexity index is 281. The Morgan fingerprint density at radius 2 is 1.56 bits per heavy atom. The van der Waals surface area contributed by atoms with Gasteiger partial charge in [-0.15, -0.1) is 0 Å². The lowest BCUT2D eigenvalue weighted by Crippen LogP contribution is -2.36. The Morgan fingerprint density at radius 3 is 1.83 bits per heavy atom. The lowest BCUT2D eigenvalue weighted by atomic mass is 10.1. The van der Waals surface area contributed by atoms with E-state index in [1.807, 2.05) is 20.8 Å². The first-order valence-electron chi connectivity index (χ1n) is 5.95. The largest absolute Gasteiger partial charge is 0.740 e. The van der Waals surface area contributed by atoms with Crippen molar-refractivity contribution >= 4 is 25.9 Å². The molecule has 0 fully saturated rings. The topological polar surface area (TPSA) is 65.9 Å². The first-order valence-corrected chi connectivity index (χ1v) is 7.90. The van der Waals surface area contributed by atoms with Gasteiger partial charge in [-0.25, -0.2) is 5.09 Å². The Kier molecular flexibility index (Phi) is 6.96. The molecule has 0 aliphatic heterocycles. The summed E-state index contributed by atoms with van der Waals surface area (Å²) >= 11 is 5.05. The zero-order valence-corrected chi connectivity index (χ0v) is 13.9. The van der Waals surface area contributed by atoms with Crippen LogP contribution in [0.1, 0.15) is 48.5 Å². The zero-order chi connectivity index (χ0) is 14.6. The Labute approximate surface area is 116 Å². The van der Waals surface area contributed by atoms with Crippen LogP contribution in [-0.2, 0) is 21.7 Å². The third kappa shape index (κ3) is 9.00. The molecule has 0 amide bonds. The van der Waals surface area contributed by atoms with Gasteiger partial charge in [-0.1, -0.05) is 0 Å². The first-order chi connectivity index (χ1) is 7.93. The van der Waals surface area contributed by atoms with Gasteiger partial charge in [0, 0.05) is 5.17 Å². The molecule has 0 saturated carbocycles. The van der Waals surface area contributed by atoms with Gasteiger partial charge in [0.05, 0.1) is 5.54 Å². The standard InChI is InChI=1S/C11H25N2O3PS/c1-8(2)15-17(14,16-9(3)4)13-10(18)12-11(5,6)7/h8-9H,1-7H3,(H2,12,13,14,18)/p-1. The second kappa shape index (κ2) is 6.96. The van der Waals surface area contributed by atoms with Crippen molar-refractivity contribution < 1.29 is 13.9 Å². The van der Waals surface area contributed by atoms with Crippen LogP contribution in [0.3, 0.4) is 0 Å². The van der Waals surface area contributed by atoms with Gasteiger partial charge in [-0.2, -0.15) is 9.05 Å². The van der Waals surface area contributed by atoms with Gasteiger partial charge in [0.2, 0.25) is 0 Å². The Balaban J connectivity index is 4.84. The highest BCUT2D eigenvalue weighted by Gasteiger charge is 2.33. The van der Waals surface area contributed by atoms with E-state index in [1.54, 1.807) is 27.7 Å². The normalized spacial score (nSPS) is 14.4. The summed E-state index contributed by atoms with van der Waals surface area (Å²) in [4.78, 5) is 16.6. The molecule has 0 spiro atoms. The molecule has 0 atom stereocenters. The van der Waals surface area contributed by atoms with Crippen LogP contribution < -0.4 is 9.98 Å².